The highest BCUT2D eigenvalue weighted by Gasteiger charge is 2.13. The van der Waals surface area contributed by atoms with E-state index in [4.69, 9.17) is 9.52 Å². The molecule has 0 radical (unpaired) electrons. The molecule has 0 aliphatic carbocycles. The molecule has 0 aliphatic rings. The van der Waals surface area contributed by atoms with Crippen LogP contribution in [0.5, 0.6) is 0 Å². The molecule has 0 amide bonds. The smallest absolute Gasteiger partial charge is 0.191 e. The molecule has 2 rings (SSSR count). The fraction of sp³-hybridized carbons (Fsp3) is 0.500. The van der Waals surface area contributed by atoms with Crippen molar-refractivity contribution >= 4 is 5.96 Å². The molecule has 0 atom stereocenters. The predicted octanol–water partition coefficient (Wildman–Crippen LogP) is 3.41. The summed E-state index contributed by atoms with van der Waals surface area (Å²) in [4.78, 5) is 4.72. The summed E-state index contributed by atoms with van der Waals surface area (Å²) >= 11 is 0. The topological polar surface area (TPSA) is 62.5 Å². The molecule has 1 aromatic heterocycles. The Kier molecular flexibility index (Phi) is 7.51. The van der Waals surface area contributed by atoms with Gasteiger partial charge in [0.25, 0.3) is 0 Å². The lowest BCUT2D eigenvalue weighted by Crippen LogP contribution is -2.38. The molecule has 0 saturated heterocycles. The van der Waals surface area contributed by atoms with Crippen LogP contribution in [0.1, 0.15) is 48.9 Å². The largest absolute Gasteiger partial charge is 0.361 e. The molecular weight excluding hydrogens is 312 g/mol. The Morgan fingerprint density at radius 2 is 2.00 bits per heavy atom. The molecule has 1 heterocycles. The lowest BCUT2D eigenvalue weighted by molar-refractivity contribution is 0.380. The summed E-state index contributed by atoms with van der Waals surface area (Å²) in [5.74, 6) is 1.77. The maximum Gasteiger partial charge on any atom is 0.191 e. The second kappa shape index (κ2) is 9.87. The Hall–Kier alpha value is -2.30. The maximum atomic E-state index is 5.42. The molecule has 0 unspecified atom stereocenters. The van der Waals surface area contributed by atoms with Crippen molar-refractivity contribution in [2.75, 3.05) is 13.1 Å². The summed E-state index contributed by atoms with van der Waals surface area (Å²) in [6.45, 7) is 10.6. The number of hydrogen-bond donors (Lipinski definition) is 2. The first-order chi connectivity index (χ1) is 12.2. The van der Waals surface area contributed by atoms with Gasteiger partial charge in [-0.25, -0.2) is 4.99 Å². The van der Waals surface area contributed by atoms with Crippen molar-refractivity contribution in [1.82, 2.24) is 15.8 Å². The van der Waals surface area contributed by atoms with Crippen LogP contribution in [0.15, 0.2) is 33.8 Å². The van der Waals surface area contributed by atoms with E-state index in [9.17, 15) is 0 Å². The number of benzene rings is 1. The minimum atomic E-state index is 0.593. The van der Waals surface area contributed by atoms with Crippen LogP contribution >= 0.6 is 0 Å². The predicted molar refractivity (Wildman–Crippen MR) is 103 cm³/mol. The Balaban J connectivity index is 1.97. The highest BCUT2D eigenvalue weighted by atomic mass is 16.5. The number of hydrogen-bond acceptors (Lipinski definition) is 3. The van der Waals surface area contributed by atoms with Gasteiger partial charge < -0.3 is 15.2 Å². The molecule has 5 heteroatoms. The van der Waals surface area contributed by atoms with Crippen LogP contribution in [0.3, 0.4) is 0 Å². The van der Waals surface area contributed by atoms with Crippen molar-refractivity contribution in [2.45, 2.75) is 53.5 Å². The molecule has 5 nitrogen and oxygen atoms in total. The van der Waals surface area contributed by atoms with Crippen molar-refractivity contribution in [3.8, 4) is 0 Å². The fourth-order valence-electron chi connectivity index (χ4n) is 2.81. The summed E-state index contributed by atoms with van der Waals surface area (Å²) < 4.78 is 5.42. The van der Waals surface area contributed by atoms with Crippen LogP contribution in [0.25, 0.3) is 0 Å². The summed E-state index contributed by atoms with van der Waals surface area (Å²) in [5.41, 5.74) is 4.77. The Labute approximate surface area is 150 Å². The SMILES string of the molecule is CCNC(=NCc1c(CC)noc1CC)NCCc1cccc(C)c1. The Morgan fingerprint density at radius 3 is 2.68 bits per heavy atom. The molecule has 0 aliphatic heterocycles. The van der Waals surface area contributed by atoms with Gasteiger partial charge in [0.2, 0.25) is 0 Å². The van der Waals surface area contributed by atoms with Gasteiger partial charge in [-0.15, -0.1) is 0 Å². The number of aliphatic imine (C=N–C) groups is 1. The fourth-order valence-corrected chi connectivity index (χ4v) is 2.81. The molecule has 0 bridgehead atoms. The van der Waals surface area contributed by atoms with Crippen molar-refractivity contribution in [2.24, 2.45) is 4.99 Å². The summed E-state index contributed by atoms with van der Waals surface area (Å²) in [7, 11) is 0. The molecule has 136 valence electrons. The van der Waals surface area contributed by atoms with E-state index in [1.54, 1.807) is 0 Å². The van der Waals surface area contributed by atoms with E-state index in [2.05, 4.69) is 67.8 Å². The number of aromatic nitrogens is 1. The Bertz CT molecular complexity index is 669. The molecule has 0 fully saturated rings. The number of guanidine groups is 1. The highest BCUT2D eigenvalue weighted by Crippen LogP contribution is 2.16. The number of nitrogens with one attached hydrogen (secondary N) is 2. The molecular formula is C20H30N4O. The van der Waals surface area contributed by atoms with Crippen molar-refractivity contribution in [3.05, 3.63) is 52.4 Å². The van der Waals surface area contributed by atoms with E-state index in [0.29, 0.717) is 6.54 Å². The van der Waals surface area contributed by atoms with Crippen molar-refractivity contribution in [1.29, 1.82) is 0 Å². The van der Waals surface area contributed by atoms with Gasteiger partial charge in [-0.2, -0.15) is 0 Å². The molecule has 0 saturated carbocycles. The van der Waals surface area contributed by atoms with Gasteiger partial charge in [0.1, 0.15) is 5.76 Å². The first kappa shape index (κ1) is 19.0. The molecule has 1 aromatic carbocycles. The normalized spacial score (nSPS) is 11.6. The number of rotatable bonds is 8. The maximum absolute atomic E-state index is 5.42. The summed E-state index contributed by atoms with van der Waals surface area (Å²) in [6, 6.07) is 8.62. The average Bonchev–Trinajstić information content (AvgIpc) is 3.01. The summed E-state index contributed by atoms with van der Waals surface area (Å²) in [5, 5.41) is 10.9. The third kappa shape index (κ3) is 5.62. The minimum absolute atomic E-state index is 0.593. The summed E-state index contributed by atoms with van der Waals surface area (Å²) in [6.07, 6.45) is 2.68. The van der Waals surface area contributed by atoms with Gasteiger partial charge >= 0.3 is 0 Å². The first-order valence-corrected chi connectivity index (χ1v) is 9.21. The van der Waals surface area contributed by atoms with E-state index in [0.717, 1.165) is 55.3 Å². The van der Waals surface area contributed by atoms with Crippen LogP contribution in [0.2, 0.25) is 0 Å². The second-order valence-corrected chi connectivity index (χ2v) is 6.10. The van der Waals surface area contributed by atoms with Crippen LogP contribution < -0.4 is 10.6 Å². The van der Waals surface area contributed by atoms with Crippen molar-refractivity contribution in [3.63, 3.8) is 0 Å². The van der Waals surface area contributed by atoms with Crippen LogP contribution in [0.4, 0.5) is 0 Å². The van der Waals surface area contributed by atoms with Gasteiger partial charge in [0, 0.05) is 25.1 Å². The van der Waals surface area contributed by atoms with Crippen LogP contribution in [0, 0.1) is 6.92 Å². The van der Waals surface area contributed by atoms with Crippen LogP contribution in [-0.2, 0) is 25.8 Å². The van der Waals surface area contributed by atoms with Gasteiger partial charge in [-0.3, -0.25) is 0 Å². The number of nitrogens with zero attached hydrogens (tertiary/aromatic N) is 2. The zero-order chi connectivity index (χ0) is 18.1. The zero-order valence-corrected chi connectivity index (χ0v) is 15.9. The quantitative estimate of drug-likeness (QED) is 0.570. The van der Waals surface area contributed by atoms with Gasteiger partial charge in [-0.1, -0.05) is 48.8 Å². The highest BCUT2D eigenvalue weighted by molar-refractivity contribution is 5.79. The van der Waals surface area contributed by atoms with Gasteiger partial charge in [0.05, 0.1) is 12.2 Å². The van der Waals surface area contributed by atoms with Gasteiger partial charge in [0.15, 0.2) is 5.96 Å². The van der Waals surface area contributed by atoms with E-state index >= 15 is 0 Å². The molecule has 2 aromatic rings. The lowest BCUT2D eigenvalue weighted by atomic mass is 10.1. The molecule has 0 spiro atoms. The molecule has 2 N–H and O–H groups in total. The second-order valence-electron chi connectivity index (χ2n) is 6.10. The average molecular weight is 342 g/mol. The van der Waals surface area contributed by atoms with Crippen LogP contribution in [-0.4, -0.2) is 24.2 Å². The van der Waals surface area contributed by atoms with E-state index in [1.165, 1.54) is 11.1 Å². The third-order valence-corrected chi connectivity index (χ3v) is 4.14. The third-order valence-electron chi connectivity index (χ3n) is 4.14. The van der Waals surface area contributed by atoms with Gasteiger partial charge in [-0.05, 0) is 32.3 Å². The Morgan fingerprint density at radius 1 is 1.16 bits per heavy atom. The van der Waals surface area contributed by atoms with E-state index < -0.39 is 0 Å². The van der Waals surface area contributed by atoms with Crippen molar-refractivity contribution < 1.29 is 4.52 Å². The monoisotopic (exact) mass is 342 g/mol. The standard InChI is InChI=1S/C20H30N4O/c1-5-18-17(19(6-2)25-24-18)14-23-20(21-7-3)22-12-11-16-10-8-9-15(4)13-16/h8-10,13H,5-7,11-12,14H2,1-4H3,(H2,21,22,23). The number of aryl methyl sites for hydroxylation is 3. The van der Waals surface area contributed by atoms with E-state index in [-0.39, 0.29) is 0 Å². The minimum Gasteiger partial charge on any atom is -0.361 e. The zero-order valence-electron chi connectivity index (χ0n) is 15.9. The molecule has 25 heavy (non-hydrogen) atoms. The first-order valence-electron chi connectivity index (χ1n) is 9.21. The lowest BCUT2D eigenvalue weighted by Gasteiger charge is -2.11. The van der Waals surface area contributed by atoms with E-state index in [1.807, 2.05) is 0 Å².